The Kier molecular flexibility index (Phi) is 6.77. The molecule has 1 aromatic rings. The van der Waals surface area contributed by atoms with Crippen molar-refractivity contribution >= 4 is 5.91 Å². The summed E-state index contributed by atoms with van der Waals surface area (Å²) in [6.45, 7) is 14.5. The average molecular weight is 403 g/mol. The lowest BCUT2D eigenvalue weighted by Gasteiger charge is -2.48. The first-order chi connectivity index (χ1) is 13.8. The van der Waals surface area contributed by atoms with E-state index >= 15 is 0 Å². The molecule has 0 aromatic heterocycles. The highest BCUT2D eigenvalue weighted by Gasteiger charge is 2.47. The molecule has 3 atom stereocenters. The molecule has 5 nitrogen and oxygen atoms in total. The predicted molar refractivity (Wildman–Crippen MR) is 117 cm³/mol. The summed E-state index contributed by atoms with van der Waals surface area (Å²) in [6, 6.07) is 3.58. The lowest BCUT2D eigenvalue weighted by atomic mass is 9.64. The number of phenolic OH excluding ortho intramolecular Hbond substituents is 1. The molecule has 0 spiro atoms. The van der Waals surface area contributed by atoms with Crippen LogP contribution < -0.4 is 10.1 Å². The van der Waals surface area contributed by atoms with Crippen LogP contribution in [0.3, 0.4) is 0 Å². The van der Waals surface area contributed by atoms with Crippen LogP contribution >= 0.6 is 0 Å². The smallest absolute Gasteiger partial charge is 0.255 e. The molecule has 1 fully saturated rings. The summed E-state index contributed by atoms with van der Waals surface area (Å²) >= 11 is 0. The van der Waals surface area contributed by atoms with Crippen LogP contribution in [0.5, 0.6) is 11.5 Å². The molecular formula is C24H38N2O3. The van der Waals surface area contributed by atoms with Crippen molar-refractivity contribution in [3.05, 3.63) is 23.3 Å². The van der Waals surface area contributed by atoms with E-state index in [1.165, 1.54) is 6.42 Å². The van der Waals surface area contributed by atoms with E-state index < -0.39 is 0 Å². The number of phenols is 1. The second-order valence-electron chi connectivity index (χ2n) is 9.35. The molecule has 1 aromatic carbocycles. The van der Waals surface area contributed by atoms with E-state index in [2.05, 4.69) is 44.8 Å². The van der Waals surface area contributed by atoms with Crippen LogP contribution in [0, 0.1) is 11.8 Å². The fraction of sp³-hybridized carbons (Fsp3) is 0.708. The number of amides is 1. The number of hydrogen-bond acceptors (Lipinski definition) is 4. The number of carbonyl (C=O) groups is 1. The van der Waals surface area contributed by atoms with Crippen molar-refractivity contribution in [3.63, 3.8) is 0 Å². The second kappa shape index (κ2) is 8.95. The minimum absolute atomic E-state index is 0.114. The van der Waals surface area contributed by atoms with Gasteiger partial charge in [-0.05, 0) is 76.7 Å². The molecule has 1 amide bonds. The largest absolute Gasteiger partial charge is 0.507 e. The molecule has 29 heavy (non-hydrogen) atoms. The minimum Gasteiger partial charge on any atom is -0.507 e. The van der Waals surface area contributed by atoms with Crippen LogP contribution in [0.4, 0.5) is 0 Å². The summed E-state index contributed by atoms with van der Waals surface area (Å²) in [5.74, 6) is 1.88. The number of fused-ring (bicyclic) bond motifs is 3. The molecule has 0 radical (unpaired) electrons. The van der Waals surface area contributed by atoms with Crippen molar-refractivity contribution in [2.75, 3.05) is 26.2 Å². The average Bonchev–Trinajstić information content (AvgIpc) is 2.67. The maximum absolute atomic E-state index is 12.8. The van der Waals surface area contributed by atoms with Crippen molar-refractivity contribution in [3.8, 4) is 11.5 Å². The molecule has 2 aliphatic rings. The highest BCUT2D eigenvalue weighted by molar-refractivity contribution is 5.97. The lowest BCUT2D eigenvalue weighted by molar-refractivity contribution is -0.0145. The molecule has 0 unspecified atom stereocenters. The number of carbonyl (C=O) groups excluding carboxylic acids is 1. The van der Waals surface area contributed by atoms with Gasteiger partial charge in [-0.15, -0.1) is 0 Å². The van der Waals surface area contributed by atoms with Crippen molar-refractivity contribution in [1.29, 1.82) is 0 Å². The van der Waals surface area contributed by atoms with Crippen LogP contribution in [0.15, 0.2) is 12.1 Å². The normalized spacial score (nSPS) is 25.1. The van der Waals surface area contributed by atoms with Gasteiger partial charge in [-0.25, -0.2) is 0 Å². The molecule has 1 heterocycles. The van der Waals surface area contributed by atoms with Gasteiger partial charge >= 0.3 is 0 Å². The number of nitrogens with zero attached hydrogens (tertiary/aromatic N) is 1. The van der Waals surface area contributed by atoms with Crippen LogP contribution in [-0.4, -0.2) is 47.7 Å². The van der Waals surface area contributed by atoms with E-state index in [-0.39, 0.29) is 23.2 Å². The summed E-state index contributed by atoms with van der Waals surface area (Å²) in [5, 5.41) is 14.1. The summed E-state index contributed by atoms with van der Waals surface area (Å²) in [4.78, 5) is 15.1. The zero-order chi connectivity index (χ0) is 21.2. The van der Waals surface area contributed by atoms with Gasteiger partial charge in [0.2, 0.25) is 0 Å². The molecular weight excluding hydrogens is 364 g/mol. The van der Waals surface area contributed by atoms with E-state index in [0.717, 1.165) is 50.2 Å². The first-order valence-corrected chi connectivity index (χ1v) is 11.3. The molecule has 162 valence electrons. The van der Waals surface area contributed by atoms with Gasteiger partial charge in [0.15, 0.2) is 0 Å². The van der Waals surface area contributed by atoms with E-state index in [0.29, 0.717) is 23.9 Å². The number of nitrogens with one attached hydrogen (secondary N) is 1. The first kappa shape index (κ1) is 21.9. The van der Waals surface area contributed by atoms with Gasteiger partial charge in [0.1, 0.15) is 17.1 Å². The molecule has 2 N–H and O–H groups in total. The Balaban J connectivity index is 1.76. The second-order valence-corrected chi connectivity index (χ2v) is 9.35. The van der Waals surface area contributed by atoms with Gasteiger partial charge < -0.3 is 20.1 Å². The third-order valence-corrected chi connectivity index (χ3v) is 7.00. The molecule has 0 saturated heterocycles. The van der Waals surface area contributed by atoms with Crippen LogP contribution in [0.1, 0.15) is 82.1 Å². The highest BCUT2D eigenvalue weighted by atomic mass is 16.5. The van der Waals surface area contributed by atoms with Crippen LogP contribution in [0.2, 0.25) is 0 Å². The Morgan fingerprint density at radius 3 is 2.69 bits per heavy atom. The van der Waals surface area contributed by atoms with Crippen molar-refractivity contribution in [2.24, 2.45) is 11.8 Å². The standard InChI is InChI=1S/C24H38N2O3/c1-6-26(7-2)14-8-13-25-23(28)17-10-12-20-21(22(17)27)18-15-16(3)9-11-19(18)24(4,5)29-20/h10,12,16,18-19,27H,6-9,11,13-15H2,1-5H3,(H,25,28)/t16-,18-,19-/m1/s1. The van der Waals surface area contributed by atoms with Crippen molar-refractivity contribution < 1.29 is 14.6 Å². The zero-order valence-corrected chi connectivity index (χ0v) is 18.8. The Morgan fingerprint density at radius 1 is 1.28 bits per heavy atom. The van der Waals surface area contributed by atoms with Gasteiger partial charge in [-0.1, -0.05) is 27.2 Å². The number of hydrogen-bond donors (Lipinski definition) is 2. The number of aromatic hydroxyl groups is 1. The van der Waals surface area contributed by atoms with E-state index in [1.807, 2.05) is 6.07 Å². The first-order valence-electron chi connectivity index (χ1n) is 11.3. The van der Waals surface area contributed by atoms with Gasteiger partial charge in [-0.2, -0.15) is 0 Å². The number of rotatable bonds is 7. The molecule has 1 saturated carbocycles. The monoisotopic (exact) mass is 402 g/mol. The maximum Gasteiger partial charge on any atom is 0.255 e. The Labute approximate surface area is 175 Å². The summed E-state index contributed by atoms with van der Waals surface area (Å²) in [5.41, 5.74) is 0.960. The van der Waals surface area contributed by atoms with Crippen molar-refractivity contribution in [2.45, 2.75) is 71.8 Å². The Morgan fingerprint density at radius 2 is 2.00 bits per heavy atom. The van der Waals surface area contributed by atoms with E-state index in [4.69, 9.17) is 4.74 Å². The van der Waals surface area contributed by atoms with Crippen molar-refractivity contribution in [1.82, 2.24) is 10.2 Å². The summed E-state index contributed by atoms with van der Waals surface area (Å²) < 4.78 is 6.29. The quantitative estimate of drug-likeness (QED) is 0.657. The number of benzene rings is 1. The van der Waals surface area contributed by atoms with Gasteiger partial charge in [-0.3, -0.25) is 4.79 Å². The highest BCUT2D eigenvalue weighted by Crippen LogP contribution is 2.55. The molecule has 1 aliphatic heterocycles. The SMILES string of the molecule is CCN(CC)CCCNC(=O)c1ccc2c(c1O)[C@@H]1C[C@H](C)CC[C@H]1C(C)(C)O2. The fourth-order valence-corrected chi connectivity index (χ4v) is 5.25. The number of ether oxygens (including phenoxy) is 1. The third kappa shape index (κ3) is 4.55. The fourth-order valence-electron chi connectivity index (χ4n) is 5.25. The molecule has 1 aliphatic carbocycles. The van der Waals surface area contributed by atoms with Gasteiger partial charge in [0, 0.05) is 18.0 Å². The topological polar surface area (TPSA) is 61.8 Å². The van der Waals surface area contributed by atoms with Gasteiger partial charge in [0.05, 0.1) is 5.56 Å². The molecule has 0 bridgehead atoms. The summed E-state index contributed by atoms with van der Waals surface area (Å²) in [6.07, 6.45) is 4.22. The van der Waals surface area contributed by atoms with E-state index in [1.54, 1.807) is 6.07 Å². The summed E-state index contributed by atoms with van der Waals surface area (Å²) in [7, 11) is 0. The van der Waals surface area contributed by atoms with E-state index in [9.17, 15) is 9.90 Å². The van der Waals surface area contributed by atoms with Gasteiger partial charge in [0.25, 0.3) is 5.91 Å². The maximum atomic E-state index is 12.8. The Bertz CT molecular complexity index is 727. The van der Waals surface area contributed by atoms with Crippen LogP contribution in [0.25, 0.3) is 0 Å². The zero-order valence-electron chi connectivity index (χ0n) is 18.8. The molecule has 5 heteroatoms. The van der Waals surface area contributed by atoms with Crippen LogP contribution in [-0.2, 0) is 0 Å². The third-order valence-electron chi connectivity index (χ3n) is 7.00. The predicted octanol–water partition coefficient (Wildman–Crippen LogP) is 4.54. The minimum atomic E-state index is -0.252. The lowest BCUT2D eigenvalue weighted by Crippen LogP contribution is -2.46. The molecule has 3 rings (SSSR count). The Hall–Kier alpha value is -1.75.